The standard InChI is InChI=1S/C18H15NO3/c20-16-11-7-6-10(12-8-13(12)16)14-15(11)18(22)19(17(14)21)9-4-2-1-3-5-9/h1-7,10-15H,8H2/t10-,11-,12-,13-,14+,15-/m0/s1. The summed E-state index contributed by atoms with van der Waals surface area (Å²) >= 11 is 0. The predicted octanol–water partition coefficient (Wildman–Crippen LogP) is 1.81. The monoisotopic (exact) mass is 293 g/mol. The molecule has 1 aliphatic heterocycles. The van der Waals surface area contributed by atoms with Gasteiger partial charge in [-0.3, -0.25) is 19.3 Å². The van der Waals surface area contributed by atoms with Gasteiger partial charge in [-0.15, -0.1) is 0 Å². The Morgan fingerprint density at radius 3 is 2.41 bits per heavy atom. The Labute approximate surface area is 127 Å². The zero-order valence-corrected chi connectivity index (χ0v) is 11.9. The highest BCUT2D eigenvalue weighted by molar-refractivity contribution is 6.23. The van der Waals surface area contributed by atoms with E-state index in [9.17, 15) is 14.4 Å². The summed E-state index contributed by atoms with van der Waals surface area (Å²) in [5.41, 5.74) is 0.616. The van der Waals surface area contributed by atoms with Gasteiger partial charge >= 0.3 is 0 Å². The molecule has 0 N–H and O–H groups in total. The number of amides is 2. The highest BCUT2D eigenvalue weighted by Crippen LogP contribution is 2.59. The van der Waals surface area contributed by atoms with Gasteiger partial charge in [0, 0.05) is 11.8 Å². The van der Waals surface area contributed by atoms with Crippen molar-refractivity contribution in [1.29, 1.82) is 0 Å². The molecule has 5 aliphatic rings. The van der Waals surface area contributed by atoms with Crippen LogP contribution in [0.3, 0.4) is 0 Å². The largest absolute Gasteiger partial charge is 0.299 e. The molecule has 0 unspecified atom stereocenters. The topological polar surface area (TPSA) is 54.5 Å². The van der Waals surface area contributed by atoms with Crippen LogP contribution in [0.2, 0.25) is 0 Å². The number of rotatable bonds is 1. The molecule has 6 atom stereocenters. The van der Waals surface area contributed by atoms with Crippen LogP contribution in [0.15, 0.2) is 42.5 Å². The molecule has 1 aromatic carbocycles. The maximum Gasteiger partial charge on any atom is 0.238 e. The van der Waals surface area contributed by atoms with E-state index in [1.165, 1.54) is 4.90 Å². The molecule has 2 saturated carbocycles. The van der Waals surface area contributed by atoms with Crippen LogP contribution >= 0.6 is 0 Å². The van der Waals surface area contributed by atoms with Gasteiger partial charge in [-0.05, 0) is 30.4 Å². The Hall–Kier alpha value is -2.23. The highest BCUT2D eigenvalue weighted by Gasteiger charge is 2.65. The van der Waals surface area contributed by atoms with E-state index in [1.807, 2.05) is 30.4 Å². The minimum atomic E-state index is -0.483. The van der Waals surface area contributed by atoms with Crippen LogP contribution in [0.25, 0.3) is 0 Å². The highest BCUT2D eigenvalue weighted by atomic mass is 16.2. The normalized spacial score (nSPS) is 41.5. The molecular weight excluding hydrogens is 278 g/mol. The van der Waals surface area contributed by atoms with Crippen LogP contribution in [0, 0.1) is 35.5 Å². The van der Waals surface area contributed by atoms with Crippen LogP contribution in [0.5, 0.6) is 0 Å². The summed E-state index contributed by atoms with van der Waals surface area (Å²) in [7, 11) is 0. The molecule has 0 spiro atoms. The van der Waals surface area contributed by atoms with E-state index in [0.29, 0.717) is 5.69 Å². The Balaban J connectivity index is 1.62. The molecule has 1 heterocycles. The first-order chi connectivity index (χ1) is 10.7. The molecule has 4 aliphatic carbocycles. The van der Waals surface area contributed by atoms with Crippen molar-refractivity contribution in [3.05, 3.63) is 42.5 Å². The van der Waals surface area contributed by atoms with Gasteiger partial charge in [0.05, 0.1) is 17.5 Å². The Kier molecular flexibility index (Phi) is 2.21. The summed E-state index contributed by atoms with van der Waals surface area (Å²) in [6.45, 7) is 0. The number of allylic oxidation sites excluding steroid dienone is 2. The molecule has 0 aromatic heterocycles. The average molecular weight is 293 g/mol. The number of imide groups is 1. The van der Waals surface area contributed by atoms with Gasteiger partial charge < -0.3 is 0 Å². The first kappa shape index (κ1) is 12.3. The number of para-hydroxylation sites is 1. The number of hydrogen-bond acceptors (Lipinski definition) is 3. The van der Waals surface area contributed by atoms with Gasteiger partial charge in [-0.2, -0.15) is 0 Å². The van der Waals surface area contributed by atoms with E-state index in [-0.39, 0.29) is 41.3 Å². The predicted molar refractivity (Wildman–Crippen MR) is 78.6 cm³/mol. The summed E-state index contributed by atoms with van der Waals surface area (Å²) in [5.74, 6) is -0.958. The number of carbonyl (C=O) groups excluding carboxylic acids is 3. The second-order valence-electron chi connectivity index (χ2n) is 6.80. The number of hydrogen-bond donors (Lipinski definition) is 0. The minimum absolute atomic E-state index is 0.0582. The first-order valence-electron chi connectivity index (χ1n) is 7.83. The number of carbonyl (C=O) groups is 3. The number of benzene rings is 1. The second-order valence-corrected chi connectivity index (χ2v) is 6.80. The fourth-order valence-corrected chi connectivity index (χ4v) is 4.71. The van der Waals surface area contributed by atoms with Crippen molar-refractivity contribution in [2.75, 3.05) is 4.90 Å². The summed E-state index contributed by atoms with van der Waals surface area (Å²) in [4.78, 5) is 39.7. The van der Waals surface area contributed by atoms with Crippen LogP contribution in [0.1, 0.15) is 6.42 Å². The molecule has 2 amide bonds. The summed E-state index contributed by atoms with van der Waals surface area (Å²) in [6, 6.07) is 9.05. The van der Waals surface area contributed by atoms with Gasteiger partial charge in [0.1, 0.15) is 5.78 Å². The van der Waals surface area contributed by atoms with Crippen molar-refractivity contribution < 1.29 is 14.4 Å². The molecule has 0 radical (unpaired) electrons. The molecule has 3 fully saturated rings. The number of ketones is 1. The van der Waals surface area contributed by atoms with E-state index < -0.39 is 11.8 Å². The number of Topliss-reactive ketones (excluding diaryl/α,β-unsaturated/α-hetero) is 1. The number of nitrogens with zero attached hydrogens (tertiary/aromatic N) is 1. The van der Waals surface area contributed by atoms with Crippen molar-refractivity contribution in [1.82, 2.24) is 0 Å². The van der Waals surface area contributed by atoms with Crippen LogP contribution in [-0.4, -0.2) is 17.6 Å². The molecule has 22 heavy (non-hydrogen) atoms. The summed E-state index contributed by atoms with van der Waals surface area (Å²) < 4.78 is 0. The van der Waals surface area contributed by atoms with Crippen molar-refractivity contribution in [3.8, 4) is 0 Å². The first-order valence-corrected chi connectivity index (χ1v) is 7.83. The van der Waals surface area contributed by atoms with Crippen LogP contribution in [0.4, 0.5) is 5.69 Å². The Bertz CT molecular complexity index is 738. The molecule has 2 bridgehead atoms. The molecule has 4 nitrogen and oxygen atoms in total. The van der Waals surface area contributed by atoms with E-state index >= 15 is 0 Å². The molecule has 1 saturated heterocycles. The van der Waals surface area contributed by atoms with E-state index in [1.54, 1.807) is 12.1 Å². The summed E-state index contributed by atoms with van der Waals surface area (Å²) in [5, 5.41) is 0. The lowest BCUT2D eigenvalue weighted by Gasteiger charge is -2.28. The van der Waals surface area contributed by atoms with Crippen molar-refractivity contribution in [2.45, 2.75) is 6.42 Å². The van der Waals surface area contributed by atoms with Crippen LogP contribution < -0.4 is 4.90 Å². The molecule has 6 rings (SSSR count). The van der Waals surface area contributed by atoms with Crippen molar-refractivity contribution in [2.24, 2.45) is 35.5 Å². The van der Waals surface area contributed by atoms with E-state index in [2.05, 4.69) is 0 Å². The zero-order valence-electron chi connectivity index (χ0n) is 11.9. The Morgan fingerprint density at radius 1 is 0.909 bits per heavy atom. The maximum atomic E-state index is 12.9. The second kappa shape index (κ2) is 3.94. The van der Waals surface area contributed by atoms with Gasteiger partial charge in [-0.1, -0.05) is 30.4 Å². The quantitative estimate of drug-likeness (QED) is 0.586. The fraction of sp³-hybridized carbons (Fsp3) is 0.389. The van der Waals surface area contributed by atoms with Gasteiger partial charge in [-0.25, -0.2) is 0 Å². The minimum Gasteiger partial charge on any atom is -0.299 e. The lowest BCUT2D eigenvalue weighted by atomic mass is 9.71. The van der Waals surface area contributed by atoms with E-state index in [0.717, 1.165) is 6.42 Å². The van der Waals surface area contributed by atoms with Gasteiger partial charge in [0.15, 0.2) is 0 Å². The maximum absolute atomic E-state index is 12.9. The third kappa shape index (κ3) is 1.35. The third-order valence-corrected chi connectivity index (χ3v) is 5.78. The molecular formula is C18H15NO3. The molecule has 4 heteroatoms. The molecule has 1 aromatic rings. The van der Waals surface area contributed by atoms with Gasteiger partial charge in [0.2, 0.25) is 11.8 Å². The zero-order chi connectivity index (χ0) is 15.0. The van der Waals surface area contributed by atoms with Crippen molar-refractivity contribution in [3.63, 3.8) is 0 Å². The average Bonchev–Trinajstić information content (AvgIpc) is 3.31. The summed E-state index contributed by atoms with van der Waals surface area (Å²) in [6.07, 6.45) is 4.81. The fourth-order valence-electron chi connectivity index (χ4n) is 4.71. The third-order valence-electron chi connectivity index (χ3n) is 5.78. The SMILES string of the molecule is O=C1[C@H]2C=C[C@@H]([C@@H]3C[C@H]13)[C@H]1C(=O)N(c3ccccc3)C(=O)[C@H]12. The van der Waals surface area contributed by atoms with Crippen molar-refractivity contribution >= 4 is 23.3 Å². The Morgan fingerprint density at radius 2 is 1.64 bits per heavy atom. The molecule has 110 valence electrons. The van der Waals surface area contributed by atoms with E-state index in [4.69, 9.17) is 0 Å². The lowest BCUT2D eigenvalue weighted by molar-refractivity contribution is -0.130. The lowest BCUT2D eigenvalue weighted by Crippen LogP contribution is -2.35. The van der Waals surface area contributed by atoms with Crippen LogP contribution in [-0.2, 0) is 14.4 Å². The smallest absolute Gasteiger partial charge is 0.238 e. The van der Waals surface area contributed by atoms with Gasteiger partial charge in [0.25, 0.3) is 0 Å². The number of anilines is 1.